The molecule has 2 nitrogen and oxygen atoms in total. The van der Waals surface area contributed by atoms with Gasteiger partial charge in [0.2, 0.25) is 0 Å². The summed E-state index contributed by atoms with van der Waals surface area (Å²) in [5.41, 5.74) is 2.88. The van der Waals surface area contributed by atoms with E-state index in [0.717, 1.165) is 12.5 Å². The Balaban J connectivity index is 1.90. The van der Waals surface area contributed by atoms with Crippen LogP contribution < -0.4 is 5.32 Å². The fraction of sp³-hybridized carbons (Fsp3) is 0.684. The van der Waals surface area contributed by atoms with Gasteiger partial charge in [-0.3, -0.25) is 0 Å². The molecule has 1 atom stereocenters. The molecule has 0 heterocycles. The van der Waals surface area contributed by atoms with Gasteiger partial charge in [0.25, 0.3) is 0 Å². The lowest BCUT2D eigenvalue weighted by atomic mass is 9.85. The topological polar surface area (TPSA) is 15.3 Å². The third-order valence-corrected chi connectivity index (χ3v) is 4.94. The summed E-state index contributed by atoms with van der Waals surface area (Å²) < 4.78 is 0. The van der Waals surface area contributed by atoms with E-state index in [9.17, 15) is 0 Å². The average Bonchev–Trinajstić information content (AvgIpc) is 2.45. The van der Waals surface area contributed by atoms with Crippen LogP contribution in [0.25, 0.3) is 0 Å². The Morgan fingerprint density at radius 3 is 2.57 bits per heavy atom. The zero-order valence-electron chi connectivity index (χ0n) is 14.1. The van der Waals surface area contributed by atoms with E-state index in [1.165, 1.54) is 56.4 Å². The van der Waals surface area contributed by atoms with Gasteiger partial charge in [0.1, 0.15) is 0 Å². The molecular formula is C19H32N2. The van der Waals surface area contributed by atoms with E-state index in [0.29, 0.717) is 6.04 Å². The summed E-state index contributed by atoms with van der Waals surface area (Å²) >= 11 is 0. The lowest BCUT2D eigenvalue weighted by Gasteiger charge is -2.32. The van der Waals surface area contributed by atoms with Gasteiger partial charge in [0.05, 0.1) is 0 Å². The molecule has 2 heteroatoms. The van der Waals surface area contributed by atoms with Crippen molar-refractivity contribution >= 4 is 0 Å². The molecule has 118 valence electrons. The van der Waals surface area contributed by atoms with Crippen LogP contribution >= 0.6 is 0 Å². The average molecular weight is 288 g/mol. The third-order valence-electron chi connectivity index (χ3n) is 4.94. The quantitative estimate of drug-likeness (QED) is 0.734. The minimum Gasteiger partial charge on any atom is -0.310 e. The number of rotatable bonds is 9. The molecule has 0 bridgehead atoms. The first kappa shape index (κ1) is 16.5. The van der Waals surface area contributed by atoms with Crippen LogP contribution in [0, 0.1) is 12.8 Å². The first-order chi connectivity index (χ1) is 10.2. The molecule has 1 fully saturated rings. The highest BCUT2D eigenvalue weighted by molar-refractivity contribution is 5.28. The number of hydrogen-bond donors (Lipinski definition) is 1. The van der Waals surface area contributed by atoms with Gasteiger partial charge in [0.15, 0.2) is 0 Å². The predicted octanol–water partition coefficient (Wildman–Crippen LogP) is 4.16. The highest BCUT2D eigenvalue weighted by atomic mass is 15.1. The van der Waals surface area contributed by atoms with Gasteiger partial charge in [-0.05, 0) is 62.9 Å². The Morgan fingerprint density at radius 1 is 1.24 bits per heavy atom. The maximum Gasteiger partial charge on any atom is 0.0334 e. The van der Waals surface area contributed by atoms with Crippen LogP contribution in [0.15, 0.2) is 24.3 Å². The van der Waals surface area contributed by atoms with Gasteiger partial charge in [-0.1, -0.05) is 44.5 Å². The first-order valence-electron chi connectivity index (χ1n) is 8.75. The summed E-state index contributed by atoms with van der Waals surface area (Å²) in [4.78, 5) is 2.65. The van der Waals surface area contributed by atoms with Crippen molar-refractivity contribution in [2.45, 2.75) is 52.5 Å². The van der Waals surface area contributed by atoms with Crippen molar-refractivity contribution in [3.63, 3.8) is 0 Å². The zero-order valence-corrected chi connectivity index (χ0v) is 14.1. The highest BCUT2D eigenvalue weighted by Gasteiger charge is 2.21. The van der Waals surface area contributed by atoms with Gasteiger partial charge in [-0.25, -0.2) is 0 Å². The minimum atomic E-state index is 0.492. The van der Waals surface area contributed by atoms with E-state index >= 15 is 0 Å². The molecule has 1 aliphatic rings. The molecule has 1 unspecified atom stereocenters. The second-order valence-corrected chi connectivity index (χ2v) is 6.45. The van der Waals surface area contributed by atoms with Crippen molar-refractivity contribution in [1.29, 1.82) is 0 Å². The van der Waals surface area contributed by atoms with E-state index in [1.54, 1.807) is 0 Å². The fourth-order valence-electron chi connectivity index (χ4n) is 3.32. The molecule has 0 radical (unpaired) electrons. The summed E-state index contributed by atoms with van der Waals surface area (Å²) in [6, 6.07) is 9.30. The third kappa shape index (κ3) is 4.82. The maximum absolute atomic E-state index is 3.67. The van der Waals surface area contributed by atoms with Gasteiger partial charge < -0.3 is 10.2 Å². The van der Waals surface area contributed by atoms with E-state index in [2.05, 4.69) is 55.3 Å². The van der Waals surface area contributed by atoms with Crippen molar-refractivity contribution in [3.05, 3.63) is 35.4 Å². The molecular weight excluding hydrogens is 256 g/mol. The Hall–Kier alpha value is -0.860. The second-order valence-electron chi connectivity index (χ2n) is 6.45. The number of hydrogen-bond acceptors (Lipinski definition) is 2. The van der Waals surface area contributed by atoms with Crippen molar-refractivity contribution in [3.8, 4) is 0 Å². The summed E-state index contributed by atoms with van der Waals surface area (Å²) in [5.74, 6) is 0.973. The lowest BCUT2D eigenvalue weighted by Crippen LogP contribution is -2.35. The Kier molecular flexibility index (Phi) is 6.72. The van der Waals surface area contributed by atoms with E-state index < -0.39 is 0 Å². The van der Waals surface area contributed by atoms with Crippen molar-refractivity contribution in [2.24, 2.45) is 5.92 Å². The first-order valence-corrected chi connectivity index (χ1v) is 8.75. The summed E-state index contributed by atoms with van der Waals surface area (Å²) in [5, 5.41) is 3.67. The number of aryl methyl sites for hydroxylation is 1. The highest BCUT2D eigenvalue weighted by Crippen LogP contribution is 2.27. The van der Waals surface area contributed by atoms with Gasteiger partial charge in [-0.2, -0.15) is 0 Å². The van der Waals surface area contributed by atoms with Gasteiger partial charge >= 0.3 is 0 Å². The van der Waals surface area contributed by atoms with Crippen molar-refractivity contribution in [1.82, 2.24) is 10.2 Å². The Morgan fingerprint density at radius 2 is 2.00 bits per heavy atom. The summed E-state index contributed by atoms with van der Waals surface area (Å²) in [6.45, 7) is 11.5. The van der Waals surface area contributed by atoms with Crippen LogP contribution in [-0.4, -0.2) is 31.1 Å². The molecule has 0 aromatic heterocycles. The molecule has 0 aliphatic heterocycles. The molecule has 0 amide bonds. The van der Waals surface area contributed by atoms with Crippen LogP contribution in [0.3, 0.4) is 0 Å². The van der Waals surface area contributed by atoms with E-state index in [-0.39, 0.29) is 0 Å². The van der Waals surface area contributed by atoms with Crippen LogP contribution in [0.1, 0.15) is 56.7 Å². The van der Waals surface area contributed by atoms with Gasteiger partial charge in [-0.15, -0.1) is 0 Å². The summed E-state index contributed by atoms with van der Waals surface area (Å²) in [7, 11) is 0. The van der Waals surface area contributed by atoms with Crippen LogP contribution in [0.2, 0.25) is 0 Å². The van der Waals surface area contributed by atoms with E-state index in [1.807, 2.05) is 0 Å². The number of nitrogens with zero attached hydrogens (tertiary/aromatic N) is 1. The summed E-state index contributed by atoms with van der Waals surface area (Å²) in [6.07, 6.45) is 5.56. The minimum absolute atomic E-state index is 0.492. The van der Waals surface area contributed by atoms with Crippen molar-refractivity contribution < 1.29 is 0 Å². The smallest absolute Gasteiger partial charge is 0.0334 e. The number of nitrogens with one attached hydrogen (secondary N) is 1. The molecule has 1 aromatic carbocycles. The SMILES string of the molecule is CCNC(CCN(CC)CC1CCC1)c1ccccc1C. The van der Waals surface area contributed by atoms with Gasteiger partial charge in [0, 0.05) is 12.6 Å². The zero-order chi connectivity index (χ0) is 15.1. The molecule has 21 heavy (non-hydrogen) atoms. The second kappa shape index (κ2) is 8.55. The lowest BCUT2D eigenvalue weighted by molar-refractivity contribution is 0.177. The Labute approximate surface area is 130 Å². The molecule has 2 rings (SSSR count). The van der Waals surface area contributed by atoms with Crippen molar-refractivity contribution in [2.75, 3.05) is 26.2 Å². The van der Waals surface area contributed by atoms with E-state index in [4.69, 9.17) is 0 Å². The Bertz CT molecular complexity index is 412. The standard InChI is InChI=1S/C19H32N2/c1-4-20-19(18-12-7-6-9-16(18)3)13-14-21(5-2)15-17-10-8-11-17/h6-7,9,12,17,19-20H,4-5,8,10-11,13-15H2,1-3H3. The van der Waals surface area contributed by atoms with Crippen LogP contribution in [0.4, 0.5) is 0 Å². The normalized spacial score (nSPS) is 17.0. The molecule has 1 aromatic rings. The molecule has 1 aliphatic carbocycles. The maximum atomic E-state index is 3.67. The fourth-order valence-corrected chi connectivity index (χ4v) is 3.32. The largest absolute Gasteiger partial charge is 0.310 e. The van der Waals surface area contributed by atoms with Crippen LogP contribution in [0.5, 0.6) is 0 Å². The molecule has 1 N–H and O–H groups in total. The predicted molar refractivity (Wildman–Crippen MR) is 91.7 cm³/mol. The molecule has 0 spiro atoms. The molecule has 0 saturated heterocycles. The van der Waals surface area contributed by atoms with Crippen LogP contribution in [-0.2, 0) is 0 Å². The monoisotopic (exact) mass is 288 g/mol. The molecule has 1 saturated carbocycles. The number of benzene rings is 1.